The van der Waals surface area contributed by atoms with Gasteiger partial charge in [0.1, 0.15) is 13.2 Å². The molecule has 0 N–H and O–H groups in total. The van der Waals surface area contributed by atoms with E-state index in [1.165, 1.54) is 167 Å². The maximum absolute atomic E-state index is 12.8. The van der Waals surface area contributed by atoms with Crippen molar-refractivity contribution in [2.45, 2.75) is 303 Å². The number of allylic oxidation sites excluding steroid dienone is 6. The van der Waals surface area contributed by atoms with E-state index < -0.39 is 6.10 Å². The van der Waals surface area contributed by atoms with Crippen LogP contribution in [0.3, 0.4) is 0 Å². The maximum Gasteiger partial charge on any atom is 0.306 e. The van der Waals surface area contributed by atoms with E-state index in [1.807, 2.05) is 0 Å². The summed E-state index contributed by atoms with van der Waals surface area (Å²) in [5, 5.41) is 0. The topological polar surface area (TPSA) is 78.9 Å². The number of hydrogen-bond donors (Lipinski definition) is 0. The Balaban J connectivity index is 4.36. The van der Waals surface area contributed by atoms with Gasteiger partial charge in [-0.25, -0.2) is 0 Å². The lowest BCUT2D eigenvalue weighted by Crippen LogP contribution is -2.30. The van der Waals surface area contributed by atoms with E-state index in [0.29, 0.717) is 19.3 Å². The van der Waals surface area contributed by atoms with Gasteiger partial charge >= 0.3 is 17.9 Å². The summed E-state index contributed by atoms with van der Waals surface area (Å²) in [5.74, 6) is -0.885. The minimum Gasteiger partial charge on any atom is -0.462 e. The molecule has 64 heavy (non-hydrogen) atoms. The summed E-state index contributed by atoms with van der Waals surface area (Å²) >= 11 is 0. The van der Waals surface area contributed by atoms with Crippen LogP contribution in [0.2, 0.25) is 0 Å². The Kier molecular flexibility index (Phi) is 51.3. The summed E-state index contributed by atoms with van der Waals surface area (Å²) in [4.78, 5) is 38.1. The minimum absolute atomic E-state index is 0.0771. The normalized spacial score (nSPS) is 12.2. The van der Waals surface area contributed by atoms with Crippen LogP contribution in [0.4, 0.5) is 0 Å². The van der Waals surface area contributed by atoms with Gasteiger partial charge in [-0.3, -0.25) is 14.4 Å². The molecule has 0 heterocycles. The van der Waals surface area contributed by atoms with E-state index in [1.54, 1.807) is 0 Å². The molecule has 0 aromatic heterocycles. The Hall–Kier alpha value is -2.37. The van der Waals surface area contributed by atoms with Gasteiger partial charge in [0.05, 0.1) is 0 Å². The molecule has 0 aliphatic rings. The Morgan fingerprint density at radius 1 is 0.312 bits per heavy atom. The minimum atomic E-state index is -0.779. The number of ether oxygens (including phenoxy) is 3. The number of unbranched alkanes of at least 4 members (excludes halogenated alkanes) is 34. The lowest BCUT2D eigenvalue weighted by Gasteiger charge is -2.18. The molecular weight excluding hydrogens is 793 g/mol. The summed E-state index contributed by atoms with van der Waals surface area (Å²) in [6.07, 6.45) is 62.7. The summed E-state index contributed by atoms with van der Waals surface area (Å²) in [6.45, 7) is 6.62. The lowest BCUT2D eigenvalue weighted by atomic mass is 10.0. The van der Waals surface area contributed by atoms with Gasteiger partial charge in [-0.05, 0) is 77.0 Å². The van der Waals surface area contributed by atoms with Gasteiger partial charge in [0.25, 0.3) is 0 Å². The highest BCUT2D eigenvalue weighted by Crippen LogP contribution is 2.16. The molecule has 0 bridgehead atoms. The molecule has 0 saturated carbocycles. The van der Waals surface area contributed by atoms with E-state index in [2.05, 4.69) is 57.2 Å². The zero-order chi connectivity index (χ0) is 46.5. The molecular formula is C58H106O6. The van der Waals surface area contributed by atoms with Gasteiger partial charge in [-0.2, -0.15) is 0 Å². The predicted molar refractivity (Wildman–Crippen MR) is 275 cm³/mol. The largest absolute Gasteiger partial charge is 0.462 e. The van der Waals surface area contributed by atoms with Gasteiger partial charge in [-0.1, -0.05) is 237 Å². The molecule has 374 valence electrons. The van der Waals surface area contributed by atoms with Crippen molar-refractivity contribution < 1.29 is 28.6 Å². The SMILES string of the molecule is CCCCC/C=C\C/C=C\CCCCCCCC(=O)O[C@H](COC(=O)CCCCCCC/C=C\CCCCCCC)COC(=O)CCCCCCCCCCCCCCCCCCC. The van der Waals surface area contributed by atoms with Crippen molar-refractivity contribution in [1.82, 2.24) is 0 Å². The highest BCUT2D eigenvalue weighted by molar-refractivity contribution is 5.71. The van der Waals surface area contributed by atoms with Crippen molar-refractivity contribution in [1.29, 1.82) is 0 Å². The predicted octanol–water partition coefficient (Wildman–Crippen LogP) is 18.5. The third-order valence-corrected chi connectivity index (χ3v) is 12.4. The molecule has 0 saturated heterocycles. The molecule has 0 amide bonds. The van der Waals surface area contributed by atoms with Crippen molar-refractivity contribution in [2.75, 3.05) is 13.2 Å². The van der Waals surface area contributed by atoms with Crippen LogP contribution in [-0.2, 0) is 28.6 Å². The van der Waals surface area contributed by atoms with E-state index in [9.17, 15) is 14.4 Å². The molecule has 0 aromatic carbocycles. The first-order valence-corrected chi connectivity index (χ1v) is 28.0. The molecule has 0 unspecified atom stereocenters. The van der Waals surface area contributed by atoms with Crippen LogP contribution in [0, 0.1) is 0 Å². The van der Waals surface area contributed by atoms with Crippen LogP contribution in [0.1, 0.15) is 297 Å². The molecule has 6 heteroatoms. The zero-order valence-electron chi connectivity index (χ0n) is 42.8. The van der Waals surface area contributed by atoms with Crippen LogP contribution in [0.5, 0.6) is 0 Å². The van der Waals surface area contributed by atoms with Crippen LogP contribution >= 0.6 is 0 Å². The van der Waals surface area contributed by atoms with Gasteiger partial charge in [0.2, 0.25) is 0 Å². The number of rotatable bonds is 51. The molecule has 1 atom stereocenters. The maximum atomic E-state index is 12.8. The average molecular weight is 899 g/mol. The lowest BCUT2D eigenvalue weighted by molar-refractivity contribution is -0.167. The average Bonchev–Trinajstić information content (AvgIpc) is 3.29. The molecule has 0 fully saturated rings. The number of carbonyl (C=O) groups excluding carboxylic acids is 3. The Labute approximate surface area is 397 Å². The van der Waals surface area contributed by atoms with Gasteiger partial charge in [-0.15, -0.1) is 0 Å². The van der Waals surface area contributed by atoms with Crippen molar-refractivity contribution >= 4 is 17.9 Å². The fraction of sp³-hybridized carbons (Fsp3) is 0.845. The van der Waals surface area contributed by atoms with E-state index in [-0.39, 0.29) is 31.1 Å². The first kappa shape index (κ1) is 61.6. The second-order valence-electron chi connectivity index (χ2n) is 18.8. The highest BCUT2D eigenvalue weighted by Gasteiger charge is 2.19. The monoisotopic (exact) mass is 899 g/mol. The molecule has 0 spiro atoms. The Morgan fingerprint density at radius 3 is 0.906 bits per heavy atom. The van der Waals surface area contributed by atoms with E-state index >= 15 is 0 Å². The molecule has 0 rings (SSSR count). The van der Waals surface area contributed by atoms with Crippen molar-refractivity contribution in [3.63, 3.8) is 0 Å². The third kappa shape index (κ3) is 50.6. The fourth-order valence-corrected chi connectivity index (χ4v) is 8.12. The highest BCUT2D eigenvalue weighted by atomic mass is 16.6. The molecule has 0 aliphatic heterocycles. The summed E-state index contributed by atoms with van der Waals surface area (Å²) in [7, 11) is 0. The molecule has 6 nitrogen and oxygen atoms in total. The Morgan fingerprint density at radius 2 is 0.562 bits per heavy atom. The second-order valence-corrected chi connectivity index (χ2v) is 18.8. The van der Waals surface area contributed by atoms with Crippen molar-refractivity contribution in [2.24, 2.45) is 0 Å². The second kappa shape index (κ2) is 53.2. The van der Waals surface area contributed by atoms with Gasteiger partial charge in [0, 0.05) is 19.3 Å². The Bertz CT molecular complexity index is 1080. The van der Waals surface area contributed by atoms with Crippen LogP contribution < -0.4 is 0 Å². The van der Waals surface area contributed by atoms with Gasteiger partial charge in [0.15, 0.2) is 6.10 Å². The molecule has 0 aliphatic carbocycles. The number of hydrogen-bond acceptors (Lipinski definition) is 6. The van der Waals surface area contributed by atoms with Crippen LogP contribution in [0.15, 0.2) is 36.5 Å². The summed E-state index contributed by atoms with van der Waals surface area (Å²) in [5.41, 5.74) is 0. The standard InChI is InChI=1S/C58H106O6/c1-4-7-10-13-16-19-22-25-28-29-31-33-36-39-42-45-48-51-57(60)63-54-55(53-62-56(59)50-47-44-41-38-35-32-27-24-21-18-15-12-9-6-3)64-58(61)52-49-46-43-40-37-34-30-26-23-20-17-14-11-8-5-2/h17,20,24,26-27,30,55H,4-16,18-19,21-23,25,28-29,31-54H2,1-3H3/b20-17-,27-24-,30-26-/t55-/m1/s1. The number of carbonyl (C=O) groups is 3. The summed E-state index contributed by atoms with van der Waals surface area (Å²) < 4.78 is 16.8. The van der Waals surface area contributed by atoms with Crippen molar-refractivity contribution in [3.05, 3.63) is 36.5 Å². The van der Waals surface area contributed by atoms with Crippen molar-refractivity contribution in [3.8, 4) is 0 Å². The molecule has 0 aromatic rings. The van der Waals surface area contributed by atoms with Crippen LogP contribution in [0.25, 0.3) is 0 Å². The van der Waals surface area contributed by atoms with Gasteiger partial charge < -0.3 is 14.2 Å². The fourth-order valence-electron chi connectivity index (χ4n) is 8.12. The van der Waals surface area contributed by atoms with E-state index in [4.69, 9.17) is 14.2 Å². The van der Waals surface area contributed by atoms with Crippen LogP contribution in [-0.4, -0.2) is 37.2 Å². The third-order valence-electron chi connectivity index (χ3n) is 12.4. The van der Waals surface area contributed by atoms with E-state index in [0.717, 1.165) is 89.9 Å². The zero-order valence-corrected chi connectivity index (χ0v) is 42.8. The smallest absolute Gasteiger partial charge is 0.306 e. The first-order valence-electron chi connectivity index (χ1n) is 28.0. The molecule has 0 radical (unpaired) electrons. The summed E-state index contributed by atoms with van der Waals surface area (Å²) in [6, 6.07) is 0. The first-order chi connectivity index (χ1) is 31.5. The number of esters is 3. The quantitative estimate of drug-likeness (QED) is 0.0262.